The standard InChI is InChI=1S/C18H16N4O3S2/c1-13(15-4-2-10-19-12-15)20-21-18(23)14-6-8-16(9-7-14)22-27(24,25)17-5-3-11-26-17/h2-12,22H,1H3,(H,21,23)/b20-13+. The summed E-state index contributed by atoms with van der Waals surface area (Å²) >= 11 is 1.13. The average molecular weight is 400 g/mol. The second-order valence-electron chi connectivity index (χ2n) is 5.49. The molecule has 2 N–H and O–H groups in total. The van der Waals surface area contributed by atoms with Crippen LogP contribution in [0.5, 0.6) is 0 Å². The Morgan fingerprint density at radius 2 is 1.85 bits per heavy atom. The van der Waals surface area contributed by atoms with E-state index < -0.39 is 15.9 Å². The lowest BCUT2D eigenvalue weighted by atomic mass is 10.2. The minimum Gasteiger partial charge on any atom is -0.279 e. The number of amides is 1. The van der Waals surface area contributed by atoms with E-state index in [-0.39, 0.29) is 4.21 Å². The van der Waals surface area contributed by atoms with Gasteiger partial charge < -0.3 is 0 Å². The van der Waals surface area contributed by atoms with Crippen molar-refractivity contribution in [3.8, 4) is 0 Å². The van der Waals surface area contributed by atoms with Crippen LogP contribution < -0.4 is 10.1 Å². The predicted octanol–water partition coefficient (Wildman–Crippen LogP) is 3.10. The normalized spacial score (nSPS) is 11.8. The highest BCUT2D eigenvalue weighted by molar-refractivity contribution is 7.94. The summed E-state index contributed by atoms with van der Waals surface area (Å²) in [7, 11) is -3.62. The number of carbonyl (C=O) groups excluding carboxylic acids is 1. The summed E-state index contributed by atoms with van der Waals surface area (Å²) in [5, 5.41) is 5.74. The van der Waals surface area contributed by atoms with Gasteiger partial charge in [-0.05, 0) is 48.7 Å². The Morgan fingerprint density at radius 3 is 2.48 bits per heavy atom. The van der Waals surface area contributed by atoms with Crippen molar-refractivity contribution in [1.82, 2.24) is 10.4 Å². The minimum absolute atomic E-state index is 0.226. The summed E-state index contributed by atoms with van der Waals surface area (Å²) in [4.78, 5) is 16.2. The van der Waals surface area contributed by atoms with Gasteiger partial charge in [0.05, 0.1) is 5.71 Å². The van der Waals surface area contributed by atoms with Gasteiger partial charge >= 0.3 is 0 Å². The van der Waals surface area contributed by atoms with Crippen LogP contribution in [0.25, 0.3) is 0 Å². The highest BCUT2D eigenvalue weighted by Crippen LogP contribution is 2.20. The molecule has 0 spiro atoms. The molecule has 1 aromatic carbocycles. The van der Waals surface area contributed by atoms with Crippen molar-refractivity contribution in [3.63, 3.8) is 0 Å². The van der Waals surface area contributed by atoms with Gasteiger partial charge in [-0.25, -0.2) is 13.8 Å². The van der Waals surface area contributed by atoms with Crippen LogP contribution in [0.4, 0.5) is 5.69 Å². The molecule has 0 aliphatic carbocycles. The van der Waals surface area contributed by atoms with Crippen LogP contribution in [0.15, 0.2) is 75.6 Å². The Balaban J connectivity index is 1.66. The fourth-order valence-corrected chi connectivity index (χ4v) is 4.20. The molecule has 1 amide bonds. The van der Waals surface area contributed by atoms with E-state index in [4.69, 9.17) is 0 Å². The van der Waals surface area contributed by atoms with Crippen LogP contribution >= 0.6 is 11.3 Å². The first-order chi connectivity index (χ1) is 13.0. The summed E-state index contributed by atoms with van der Waals surface area (Å²) in [5.41, 5.74) is 4.62. The van der Waals surface area contributed by atoms with Gasteiger partial charge in [0.15, 0.2) is 0 Å². The molecule has 2 aromatic heterocycles. The molecule has 0 atom stereocenters. The number of thiophene rings is 1. The Hall–Kier alpha value is -3.04. The number of anilines is 1. The third-order valence-corrected chi connectivity index (χ3v) is 6.34. The zero-order valence-electron chi connectivity index (χ0n) is 14.3. The molecule has 0 unspecified atom stereocenters. The number of sulfonamides is 1. The van der Waals surface area contributed by atoms with Crippen molar-refractivity contribution in [3.05, 3.63) is 77.4 Å². The van der Waals surface area contributed by atoms with E-state index in [0.717, 1.165) is 16.9 Å². The number of pyridine rings is 1. The number of nitrogens with one attached hydrogen (secondary N) is 2. The number of aromatic nitrogens is 1. The summed E-state index contributed by atoms with van der Waals surface area (Å²) < 4.78 is 27.1. The van der Waals surface area contributed by atoms with Crippen LogP contribution in [-0.2, 0) is 10.0 Å². The second-order valence-corrected chi connectivity index (χ2v) is 8.35. The number of hydrogen-bond acceptors (Lipinski definition) is 6. The molecule has 7 nitrogen and oxygen atoms in total. The van der Waals surface area contributed by atoms with Crippen LogP contribution in [0, 0.1) is 0 Å². The lowest BCUT2D eigenvalue weighted by Gasteiger charge is -2.07. The maximum Gasteiger partial charge on any atom is 0.271 e. The van der Waals surface area contributed by atoms with Gasteiger partial charge in [0, 0.05) is 29.2 Å². The first kappa shape index (κ1) is 18.7. The smallest absolute Gasteiger partial charge is 0.271 e. The van der Waals surface area contributed by atoms with E-state index in [1.807, 2.05) is 6.07 Å². The van der Waals surface area contributed by atoms with E-state index in [2.05, 4.69) is 20.2 Å². The summed E-state index contributed by atoms with van der Waals surface area (Å²) in [6, 6.07) is 12.9. The van der Waals surface area contributed by atoms with Gasteiger partial charge in [-0.15, -0.1) is 11.3 Å². The van der Waals surface area contributed by atoms with Gasteiger partial charge in [-0.1, -0.05) is 12.1 Å². The number of carbonyl (C=O) groups is 1. The van der Waals surface area contributed by atoms with Crippen LogP contribution in [0.3, 0.4) is 0 Å². The van der Waals surface area contributed by atoms with Gasteiger partial charge in [0.1, 0.15) is 4.21 Å². The molecule has 0 bridgehead atoms. The van der Waals surface area contributed by atoms with Gasteiger partial charge in [-0.2, -0.15) is 5.10 Å². The summed E-state index contributed by atoms with van der Waals surface area (Å²) in [6.45, 7) is 1.76. The van der Waals surface area contributed by atoms with Crippen LogP contribution in [0.1, 0.15) is 22.8 Å². The molecule has 9 heteroatoms. The average Bonchev–Trinajstić information content (AvgIpc) is 3.23. The molecule has 3 aromatic rings. The molecule has 138 valence electrons. The second kappa shape index (κ2) is 8.11. The predicted molar refractivity (Wildman–Crippen MR) is 105 cm³/mol. The first-order valence-electron chi connectivity index (χ1n) is 7.87. The van der Waals surface area contributed by atoms with Crippen LogP contribution in [0.2, 0.25) is 0 Å². The Bertz CT molecular complexity index is 1050. The molecule has 0 saturated heterocycles. The van der Waals surface area contributed by atoms with Crippen molar-refractivity contribution in [2.75, 3.05) is 4.72 Å². The van der Waals surface area contributed by atoms with Gasteiger partial charge in [0.2, 0.25) is 0 Å². The molecule has 0 aliphatic rings. The lowest BCUT2D eigenvalue weighted by molar-refractivity contribution is 0.0955. The number of hydrazone groups is 1. The lowest BCUT2D eigenvalue weighted by Crippen LogP contribution is -2.19. The minimum atomic E-state index is -3.62. The molecular weight excluding hydrogens is 384 g/mol. The Morgan fingerprint density at radius 1 is 1.07 bits per heavy atom. The van der Waals surface area contributed by atoms with Gasteiger partial charge in [-0.3, -0.25) is 14.5 Å². The molecule has 0 radical (unpaired) electrons. The molecule has 3 rings (SSSR count). The molecule has 0 fully saturated rings. The van der Waals surface area contributed by atoms with Crippen molar-refractivity contribution in [2.24, 2.45) is 5.10 Å². The van der Waals surface area contributed by atoms with E-state index in [0.29, 0.717) is 17.0 Å². The highest BCUT2D eigenvalue weighted by Gasteiger charge is 2.15. The number of nitrogens with zero attached hydrogens (tertiary/aromatic N) is 2. The van der Waals surface area contributed by atoms with Crippen molar-refractivity contribution < 1.29 is 13.2 Å². The number of benzene rings is 1. The first-order valence-corrected chi connectivity index (χ1v) is 10.2. The Kier molecular flexibility index (Phi) is 5.63. The number of hydrogen-bond donors (Lipinski definition) is 2. The SMILES string of the molecule is C/C(=N\NC(=O)c1ccc(NS(=O)(=O)c2cccs2)cc1)c1cccnc1. The van der Waals surface area contributed by atoms with E-state index in [1.54, 1.807) is 36.8 Å². The fraction of sp³-hybridized carbons (Fsp3) is 0.0556. The van der Waals surface area contributed by atoms with Crippen molar-refractivity contribution in [1.29, 1.82) is 0 Å². The van der Waals surface area contributed by atoms with Crippen LogP contribution in [-0.4, -0.2) is 25.0 Å². The molecule has 0 aliphatic heterocycles. The van der Waals surface area contributed by atoms with Crippen molar-refractivity contribution in [2.45, 2.75) is 11.1 Å². The van der Waals surface area contributed by atoms with Gasteiger partial charge in [0.25, 0.3) is 15.9 Å². The Labute approximate surface area is 160 Å². The van der Waals surface area contributed by atoms with E-state index in [1.165, 1.54) is 30.3 Å². The summed E-state index contributed by atoms with van der Waals surface area (Å²) in [6.07, 6.45) is 3.31. The van der Waals surface area contributed by atoms with E-state index >= 15 is 0 Å². The highest BCUT2D eigenvalue weighted by atomic mass is 32.2. The molecule has 2 heterocycles. The third kappa shape index (κ3) is 4.78. The summed E-state index contributed by atoms with van der Waals surface area (Å²) in [5.74, 6) is -0.397. The maximum absolute atomic E-state index is 12.2. The van der Waals surface area contributed by atoms with E-state index in [9.17, 15) is 13.2 Å². The van der Waals surface area contributed by atoms with Crippen molar-refractivity contribution >= 4 is 38.7 Å². The topological polar surface area (TPSA) is 101 Å². The third-order valence-electron chi connectivity index (χ3n) is 3.56. The molecule has 27 heavy (non-hydrogen) atoms. The zero-order valence-corrected chi connectivity index (χ0v) is 15.9. The quantitative estimate of drug-likeness (QED) is 0.490. The number of rotatable bonds is 6. The monoisotopic (exact) mass is 400 g/mol. The fourth-order valence-electron chi connectivity index (χ4n) is 2.15. The zero-order chi connectivity index (χ0) is 19.3. The largest absolute Gasteiger partial charge is 0.279 e. The maximum atomic E-state index is 12.2. The molecule has 0 saturated carbocycles. The molecular formula is C18H16N4O3S2.